The molecule has 3 aromatic heterocycles. The summed E-state index contributed by atoms with van der Waals surface area (Å²) >= 11 is 0. The van der Waals surface area contributed by atoms with Crippen molar-refractivity contribution in [2.45, 2.75) is 6.42 Å². The maximum atomic E-state index is 12.6. The van der Waals surface area contributed by atoms with E-state index in [1.807, 2.05) is 89.7 Å². The summed E-state index contributed by atoms with van der Waals surface area (Å²) in [5.41, 5.74) is 5.10. The van der Waals surface area contributed by atoms with Crippen molar-refractivity contribution < 1.29 is 14.3 Å². The van der Waals surface area contributed by atoms with Crippen molar-refractivity contribution in [3.8, 4) is 28.4 Å². The molecule has 5 aromatic rings. The second kappa shape index (κ2) is 10.8. The van der Waals surface area contributed by atoms with Crippen LogP contribution in [0.15, 0.2) is 91.4 Å². The van der Waals surface area contributed by atoms with Gasteiger partial charge in [-0.3, -0.25) is 4.79 Å². The summed E-state index contributed by atoms with van der Waals surface area (Å²) in [4.78, 5) is 17.2. The first-order valence-corrected chi connectivity index (χ1v) is 11.9. The van der Waals surface area contributed by atoms with Gasteiger partial charge in [-0.05, 0) is 48.5 Å². The van der Waals surface area contributed by atoms with Crippen molar-refractivity contribution in [3.63, 3.8) is 0 Å². The predicted molar refractivity (Wildman–Crippen MR) is 143 cm³/mol. The summed E-state index contributed by atoms with van der Waals surface area (Å²) < 4.78 is 14.6. The number of fused-ring (bicyclic) bond motifs is 1. The highest BCUT2D eigenvalue weighted by atomic mass is 16.5. The summed E-state index contributed by atoms with van der Waals surface area (Å²) in [7, 11) is 3.20. The van der Waals surface area contributed by atoms with E-state index < -0.39 is 0 Å². The molecule has 0 bridgehead atoms. The van der Waals surface area contributed by atoms with Crippen LogP contribution in [0.25, 0.3) is 28.7 Å². The number of nitrogens with zero attached hydrogens (tertiary/aromatic N) is 4. The molecule has 0 aliphatic carbocycles. The van der Waals surface area contributed by atoms with Crippen LogP contribution in [0, 0.1) is 0 Å². The van der Waals surface area contributed by atoms with Gasteiger partial charge in [-0.15, -0.1) is 0 Å². The van der Waals surface area contributed by atoms with E-state index in [1.165, 1.54) is 6.08 Å². The number of amides is 1. The Kier molecular flexibility index (Phi) is 6.98. The van der Waals surface area contributed by atoms with Crippen LogP contribution in [0.2, 0.25) is 0 Å². The van der Waals surface area contributed by atoms with E-state index in [0.29, 0.717) is 24.5 Å². The fourth-order valence-electron chi connectivity index (χ4n) is 4.08. The van der Waals surface area contributed by atoms with Crippen LogP contribution in [-0.2, 0) is 11.2 Å². The van der Waals surface area contributed by atoms with E-state index >= 15 is 0 Å². The number of nitrogens with one attached hydrogen (secondary N) is 1. The number of hydrogen-bond acceptors (Lipinski definition) is 5. The summed E-state index contributed by atoms with van der Waals surface area (Å²) in [5.74, 6) is 1.05. The highest BCUT2D eigenvalue weighted by Gasteiger charge is 2.14. The molecular formula is C29H27N5O3. The second-order valence-electron chi connectivity index (χ2n) is 8.36. The molecule has 0 atom stereocenters. The fraction of sp³-hybridized carbons (Fsp3) is 0.138. The van der Waals surface area contributed by atoms with Crippen molar-refractivity contribution in [2.24, 2.45) is 0 Å². The Bertz CT molecular complexity index is 1520. The number of hydrogen-bond donors (Lipinski definition) is 1. The predicted octanol–water partition coefficient (Wildman–Crippen LogP) is 4.58. The lowest BCUT2D eigenvalue weighted by molar-refractivity contribution is -0.116. The Morgan fingerprint density at radius 2 is 1.78 bits per heavy atom. The number of imidazole rings is 1. The number of pyridine rings is 1. The Morgan fingerprint density at radius 1 is 0.973 bits per heavy atom. The summed E-state index contributed by atoms with van der Waals surface area (Å²) in [6.45, 7) is 0.485. The Hall–Kier alpha value is -4.85. The van der Waals surface area contributed by atoms with E-state index in [2.05, 4.69) is 10.3 Å². The van der Waals surface area contributed by atoms with Crippen molar-refractivity contribution in [3.05, 3.63) is 103 Å². The van der Waals surface area contributed by atoms with Gasteiger partial charge in [-0.1, -0.05) is 24.3 Å². The Morgan fingerprint density at radius 3 is 2.57 bits per heavy atom. The van der Waals surface area contributed by atoms with Gasteiger partial charge in [0.05, 0.1) is 25.6 Å². The molecule has 8 heteroatoms. The van der Waals surface area contributed by atoms with E-state index in [0.717, 1.165) is 33.8 Å². The number of carbonyl (C=O) groups excluding carboxylic acids is 1. The number of carbonyl (C=O) groups is 1. The third-order valence-electron chi connectivity index (χ3n) is 5.93. The van der Waals surface area contributed by atoms with Crippen LogP contribution in [0.1, 0.15) is 11.3 Å². The van der Waals surface area contributed by atoms with Crippen molar-refractivity contribution in [2.75, 3.05) is 20.8 Å². The first-order chi connectivity index (χ1) is 18.1. The largest absolute Gasteiger partial charge is 0.493 e. The second-order valence-corrected chi connectivity index (χ2v) is 8.36. The molecule has 1 N–H and O–H groups in total. The van der Waals surface area contributed by atoms with Crippen LogP contribution < -0.4 is 14.8 Å². The maximum absolute atomic E-state index is 12.6. The zero-order valence-corrected chi connectivity index (χ0v) is 20.7. The highest BCUT2D eigenvalue weighted by molar-refractivity contribution is 5.92. The summed E-state index contributed by atoms with van der Waals surface area (Å²) in [6, 6.07) is 21.3. The van der Waals surface area contributed by atoms with Gasteiger partial charge in [-0.2, -0.15) is 5.10 Å². The minimum Gasteiger partial charge on any atom is -0.493 e. The summed E-state index contributed by atoms with van der Waals surface area (Å²) in [6.07, 6.45) is 9.79. The highest BCUT2D eigenvalue weighted by Crippen LogP contribution is 2.33. The molecule has 8 nitrogen and oxygen atoms in total. The van der Waals surface area contributed by atoms with E-state index in [1.54, 1.807) is 25.0 Å². The monoisotopic (exact) mass is 493 g/mol. The van der Waals surface area contributed by atoms with Gasteiger partial charge in [-0.25, -0.2) is 9.67 Å². The number of para-hydroxylation sites is 1. The lowest BCUT2D eigenvalue weighted by Gasteiger charge is -2.09. The third-order valence-corrected chi connectivity index (χ3v) is 5.93. The van der Waals surface area contributed by atoms with Crippen LogP contribution in [0.4, 0.5) is 0 Å². The van der Waals surface area contributed by atoms with Crippen molar-refractivity contribution in [1.82, 2.24) is 24.5 Å². The van der Waals surface area contributed by atoms with E-state index in [4.69, 9.17) is 14.6 Å². The molecule has 0 radical (unpaired) electrons. The smallest absolute Gasteiger partial charge is 0.244 e. The molecule has 186 valence electrons. The van der Waals surface area contributed by atoms with Gasteiger partial charge < -0.3 is 19.2 Å². The van der Waals surface area contributed by atoms with Gasteiger partial charge in [0.1, 0.15) is 11.3 Å². The molecule has 2 aromatic carbocycles. The number of ether oxygens (including phenoxy) is 2. The van der Waals surface area contributed by atoms with Crippen molar-refractivity contribution in [1.29, 1.82) is 0 Å². The standard InChI is InChI=1S/C29H27N5O3/c1-36-25-13-11-21(18-26(25)37-2)29-22(19-34(32-29)24-8-4-3-5-9-24)12-14-28(35)30-16-15-23-20-33-17-7-6-10-27(33)31-23/h3-14,17-20H,15-16H2,1-2H3,(H,30,35)/b14-12+. The zero-order chi connectivity index (χ0) is 25.6. The van der Waals surface area contributed by atoms with Crippen LogP contribution in [-0.4, -0.2) is 45.8 Å². The Labute approximate surface area is 214 Å². The van der Waals surface area contributed by atoms with E-state index in [9.17, 15) is 4.79 Å². The average Bonchev–Trinajstić information content (AvgIpc) is 3.56. The first kappa shape index (κ1) is 23.9. The zero-order valence-electron chi connectivity index (χ0n) is 20.7. The first-order valence-electron chi connectivity index (χ1n) is 11.9. The van der Waals surface area contributed by atoms with Gasteiger partial charge >= 0.3 is 0 Å². The molecule has 1 amide bonds. The molecule has 5 rings (SSSR count). The molecule has 0 aliphatic heterocycles. The van der Waals surface area contributed by atoms with Gasteiger partial charge in [0.2, 0.25) is 5.91 Å². The molecule has 0 aliphatic rings. The maximum Gasteiger partial charge on any atom is 0.244 e. The lowest BCUT2D eigenvalue weighted by atomic mass is 10.1. The Balaban J connectivity index is 1.34. The number of methoxy groups -OCH3 is 2. The SMILES string of the molecule is COc1ccc(-c2nn(-c3ccccc3)cc2/C=C/C(=O)NCCc2cn3ccccc3n2)cc1OC. The quantitative estimate of drug-likeness (QED) is 0.304. The molecule has 37 heavy (non-hydrogen) atoms. The number of rotatable bonds is 9. The normalized spacial score (nSPS) is 11.2. The number of aromatic nitrogens is 4. The van der Waals surface area contributed by atoms with Crippen molar-refractivity contribution >= 4 is 17.6 Å². The number of benzene rings is 2. The van der Waals surface area contributed by atoms with Gasteiger partial charge in [0.15, 0.2) is 11.5 Å². The summed E-state index contributed by atoms with van der Waals surface area (Å²) in [5, 5.41) is 7.75. The molecule has 0 saturated heterocycles. The van der Waals surface area contributed by atoms with Gasteiger partial charge in [0, 0.05) is 48.8 Å². The molecular weight excluding hydrogens is 466 g/mol. The topological polar surface area (TPSA) is 82.7 Å². The fourth-order valence-corrected chi connectivity index (χ4v) is 4.08. The minimum absolute atomic E-state index is 0.186. The lowest BCUT2D eigenvalue weighted by Crippen LogP contribution is -2.23. The average molecular weight is 494 g/mol. The van der Waals surface area contributed by atoms with E-state index in [-0.39, 0.29) is 5.91 Å². The molecule has 0 saturated carbocycles. The molecule has 0 spiro atoms. The van der Waals surface area contributed by atoms with Crippen LogP contribution in [0.5, 0.6) is 11.5 Å². The molecule has 0 fully saturated rings. The van der Waals surface area contributed by atoms with Crippen LogP contribution >= 0.6 is 0 Å². The molecule has 3 heterocycles. The third kappa shape index (κ3) is 5.38. The minimum atomic E-state index is -0.186. The van der Waals surface area contributed by atoms with Crippen LogP contribution in [0.3, 0.4) is 0 Å². The molecule has 0 unspecified atom stereocenters. The van der Waals surface area contributed by atoms with Gasteiger partial charge in [0.25, 0.3) is 0 Å².